The highest BCUT2D eigenvalue weighted by Crippen LogP contribution is 2.15. The number of aromatic nitrogens is 1. The molecular formula is C11H12N2O. The number of rotatable bonds is 0. The summed E-state index contributed by atoms with van der Waals surface area (Å²) in [5.41, 5.74) is 0.950. The van der Waals surface area contributed by atoms with Gasteiger partial charge in [0.05, 0.1) is 5.52 Å². The SMILES string of the molecule is CN(C)C(=O)n1ccc2ccccc21. The molecule has 3 nitrogen and oxygen atoms in total. The highest BCUT2D eigenvalue weighted by molar-refractivity contribution is 5.91. The summed E-state index contributed by atoms with van der Waals surface area (Å²) in [6.45, 7) is 0. The van der Waals surface area contributed by atoms with Crippen LogP contribution in [0.2, 0.25) is 0 Å². The van der Waals surface area contributed by atoms with Gasteiger partial charge in [-0.25, -0.2) is 4.79 Å². The highest BCUT2D eigenvalue weighted by atomic mass is 16.2. The van der Waals surface area contributed by atoms with Crippen LogP contribution in [0.5, 0.6) is 0 Å². The van der Waals surface area contributed by atoms with Gasteiger partial charge in [0.15, 0.2) is 0 Å². The number of nitrogens with zero attached hydrogens (tertiary/aromatic N) is 2. The summed E-state index contributed by atoms with van der Waals surface area (Å²) in [4.78, 5) is 13.3. The standard InChI is InChI=1S/C11H12N2O/c1-12(2)11(14)13-8-7-9-5-3-4-6-10(9)13/h3-8H,1-2H3. The summed E-state index contributed by atoms with van der Waals surface area (Å²) >= 11 is 0. The Labute approximate surface area is 82.5 Å². The van der Waals surface area contributed by atoms with Crippen molar-refractivity contribution in [2.75, 3.05) is 14.1 Å². The van der Waals surface area contributed by atoms with Crippen molar-refractivity contribution in [3.05, 3.63) is 36.5 Å². The maximum Gasteiger partial charge on any atom is 0.328 e. The van der Waals surface area contributed by atoms with Crippen LogP contribution in [0.4, 0.5) is 4.79 Å². The van der Waals surface area contributed by atoms with E-state index in [0.29, 0.717) is 0 Å². The molecule has 72 valence electrons. The Hall–Kier alpha value is -1.77. The van der Waals surface area contributed by atoms with Crippen molar-refractivity contribution in [1.82, 2.24) is 9.47 Å². The average molecular weight is 188 g/mol. The second-order valence-electron chi connectivity index (χ2n) is 3.42. The Morgan fingerprint density at radius 1 is 1.21 bits per heavy atom. The lowest BCUT2D eigenvalue weighted by atomic mass is 10.2. The minimum Gasteiger partial charge on any atom is -0.330 e. The molecule has 0 unspecified atom stereocenters. The van der Waals surface area contributed by atoms with Gasteiger partial charge in [0, 0.05) is 25.7 Å². The Morgan fingerprint density at radius 3 is 2.64 bits per heavy atom. The van der Waals surface area contributed by atoms with Gasteiger partial charge in [-0.05, 0) is 12.1 Å². The molecule has 1 heterocycles. The maximum absolute atomic E-state index is 11.7. The van der Waals surface area contributed by atoms with E-state index in [0.717, 1.165) is 10.9 Å². The zero-order chi connectivity index (χ0) is 10.1. The Balaban J connectivity index is 2.58. The summed E-state index contributed by atoms with van der Waals surface area (Å²) in [6, 6.07) is 9.75. The number of hydrogen-bond acceptors (Lipinski definition) is 1. The molecule has 0 atom stereocenters. The minimum atomic E-state index is -0.0220. The van der Waals surface area contributed by atoms with Crippen LogP contribution in [0, 0.1) is 0 Å². The lowest BCUT2D eigenvalue weighted by molar-refractivity contribution is 0.220. The molecule has 0 aliphatic heterocycles. The van der Waals surface area contributed by atoms with E-state index in [-0.39, 0.29) is 6.03 Å². The number of carbonyl (C=O) groups excluding carboxylic acids is 1. The largest absolute Gasteiger partial charge is 0.330 e. The first-order chi connectivity index (χ1) is 6.70. The third kappa shape index (κ3) is 1.27. The van der Waals surface area contributed by atoms with E-state index in [4.69, 9.17) is 0 Å². The molecule has 14 heavy (non-hydrogen) atoms. The normalized spacial score (nSPS) is 10.4. The fraction of sp³-hybridized carbons (Fsp3) is 0.182. The molecule has 1 aromatic carbocycles. The minimum absolute atomic E-state index is 0.0220. The summed E-state index contributed by atoms with van der Waals surface area (Å²) in [5.74, 6) is 0. The molecule has 1 amide bonds. The molecule has 3 heteroatoms. The quantitative estimate of drug-likeness (QED) is 0.622. The third-order valence-electron chi connectivity index (χ3n) is 2.19. The first-order valence-electron chi connectivity index (χ1n) is 4.48. The number of fused-ring (bicyclic) bond motifs is 1. The molecule has 0 aliphatic rings. The molecule has 0 fully saturated rings. The predicted molar refractivity (Wildman–Crippen MR) is 56.4 cm³/mol. The average Bonchev–Trinajstić information content (AvgIpc) is 2.60. The van der Waals surface area contributed by atoms with Crippen LogP contribution < -0.4 is 0 Å². The van der Waals surface area contributed by atoms with Gasteiger partial charge in [-0.2, -0.15) is 0 Å². The molecule has 0 aliphatic carbocycles. The Bertz CT molecular complexity index is 471. The van der Waals surface area contributed by atoms with Crippen LogP contribution in [0.1, 0.15) is 0 Å². The zero-order valence-corrected chi connectivity index (χ0v) is 8.27. The summed E-state index contributed by atoms with van der Waals surface area (Å²) in [6.07, 6.45) is 1.80. The summed E-state index contributed by atoms with van der Waals surface area (Å²) in [7, 11) is 3.49. The Morgan fingerprint density at radius 2 is 1.93 bits per heavy atom. The van der Waals surface area contributed by atoms with Gasteiger partial charge in [-0.1, -0.05) is 18.2 Å². The molecule has 2 rings (SSSR count). The number of amides is 1. The lowest BCUT2D eigenvalue weighted by Gasteiger charge is -2.11. The van der Waals surface area contributed by atoms with E-state index in [1.54, 1.807) is 29.8 Å². The van der Waals surface area contributed by atoms with Crippen molar-refractivity contribution in [3.63, 3.8) is 0 Å². The van der Waals surface area contributed by atoms with Gasteiger partial charge in [-0.3, -0.25) is 4.57 Å². The third-order valence-corrected chi connectivity index (χ3v) is 2.19. The number of hydrogen-bond donors (Lipinski definition) is 0. The van der Waals surface area contributed by atoms with Crippen LogP contribution in [-0.2, 0) is 0 Å². The van der Waals surface area contributed by atoms with Crippen LogP contribution in [0.15, 0.2) is 36.5 Å². The zero-order valence-electron chi connectivity index (χ0n) is 8.27. The Kier molecular flexibility index (Phi) is 2.00. The van der Waals surface area contributed by atoms with Crippen molar-refractivity contribution >= 4 is 16.9 Å². The summed E-state index contributed by atoms with van der Waals surface area (Å²) < 4.78 is 1.65. The van der Waals surface area contributed by atoms with E-state index in [9.17, 15) is 4.79 Å². The van der Waals surface area contributed by atoms with Gasteiger partial charge in [0.2, 0.25) is 0 Å². The first kappa shape index (κ1) is 8.81. The predicted octanol–water partition coefficient (Wildman–Crippen LogP) is 2.17. The van der Waals surface area contributed by atoms with Gasteiger partial charge in [-0.15, -0.1) is 0 Å². The summed E-state index contributed by atoms with van der Waals surface area (Å²) in [5, 5.41) is 1.09. The maximum atomic E-state index is 11.7. The van der Waals surface area contributed by atoms with Crippen molar-refractivity contribution in [1.29, 1.82) is 0 Å². The lowest BCUT2D eigenvalue weighted by Crippen LogP contribution is -2.26. The number of para-hydroxylation sites is 1. The fourth-order valence-electron chi connectivity index (χ4n) is 1.47. The van der Waals surface area contributed by atoms with E-state index >= 15 is 0 Å². The molecule has 0 radical (unpaired) electrons. The van der Waals surface area contributed by atoms with Gasteiger partial charge in [0.1, 0.15) is 0 Å². The van der Waals surface area contributed by atoms with Crippen molar-refractivity contribution in [3.8, 4) is 0 Å². The van der Waals surface area contributed by atoms with Crippen molar-refractivity contribution in [2.45, 2.75) is 0 Å². The van der Waals surface area contributed by atoms with E-state index < -0.39 is 0 Å². The van der Waals surface area contributed by atoms with E-state index in [2.05, 4.69) is 0 Å². The molecule has 0 N–H and O–H groups in total. The second-order valence-corrected chi connectivity index (χ2v) is 3.42. The van der Waals surface area contributed by atoms with Gasteiger partial charge >= 0.3 is 6.03 Å². The highest BCUT2D eigenvalue weighted by Gasteiger charge is 2.09. The molecule has 2 aromatic rings. The molecular weight excluding hydrogens is 176 g/mol. The topological polar surface area (TPSA) is 25.2 Å². The van der Waals surface area contributed by atoms with Crippen LogP contribution in [-0.4, -0.2) is 29.6 Å². The van der Waals surface area contributed by atoms with E-state index in [1.165, 1.54) is 0 Å². The van der Waals surface area contributed by atoms with Crippen molar-refractivity contribution in [2.24, 2.45) is 0 Å². The fourth-order valence-corrected chi connectivity index (χ4v) is 1.47. The number of benzene rings is 1. The van der Waals surface area contributed by atoms with Crippen LogP contribution in [0.3, 0.4) is 0 Å². The molecule has 0 saturated heterocycles. The number of carbonyl (C=O) groups is 1. The van der Waals surface area contributed by atoms with E-state index in [1.807, 2.05) is 30.3 Å². The second kappa shape index (κ2) is 3.18. The first-order valence-corrected chi connectivity index (χ1v) is 4.48. The van der Waals surface area contributed by atoms with Gasteiger partial charge < -0.3 is 4.90 Å². The van der Waals surface area contributed by atoms with Gasteiger partial charge in [0.25, 0.3) is 0 Å². The smallest absolute Gasteiger partial charge is 0.328 e. The van der Waals surface area contributed by atoms with Crippen LogP contribution >= 0.6 is 0 Å². The molecule has 0 bridgehead atoms. The van der Waals surface area contributed by atoms with Crippen LogP contribution in [0.25, 0.3) is 10.9 Å². The molecule has 1 aromatic heterocycles. The van der Waals surface area contributed by atoms with Crippen molar-refractivity contribution < 1.29 is 4.79 Å². The molecule has 0 saturated carbocycles. The monoisotopic (exact) mass is 188 g/mol. The molecule has 0 spiro atoms.